The maximum Gasteiger partial charge on any atom is 0.435 e. The molecule has 0 N–H and O–H groups in total. The van der Waals surface area contributed by atoms with Crippen LogP contribution < -0.4 is 0 Å². The second-order valence-corrected chi connectivity index (χ2v) is 11.2. The highest BCUT2D eigenvalue weighted by Crippen LogP contribution is 2.54. The first-order valence-corrected chi connectivity index (χ1v) is 13.7. The van der Waals surface area contributed by atoms with Gasteiger partial charge in [-0.15, -0.1) is 0 Å². The van der Waals surface area contributed by atoms with Gasteiger partial charge in [0.1, 0.15) is 10.8 Å². The third kappa shape index (κ3) is 5.68. The molecule has 3 heterocycles. The minimum atomic E-state index is -6.34. The largest absolute Gasteiger partial charge is 0.435 e. The van der Waals surface area contributed by atoms with Gasteiger partial charge in [0, 0.05) is 48.3 Å². The maximum atomic E-state index is 14.6. The molecular weight excluding hydrogens is 640 g/mol. The molecule has 226 valence electrons. The number of pyridine rings is 1. The summed E-state index contributed by atoms with van der Waals surface area (Å²) in [4.78, 5) is 19.3. The molecule has 2 aliphatic rings. The van der Waals surface area contributed by atoms with Gasteiger partial charge in [-0.25, -0.2) is 14.1 Å². The second kappa shape index (κ2) is 11.1. The Balaban J connectivity index is 1.46. The number of carbonyl (C=O) groups is 1. The van der Waals surface area contributed by atoms with Crippen molar-refractivity contribution in [3.8, 4) is 16.8 Å². The van der Waals surface area contributed by atoms with Gasteiger partial charge >= 0.3 is 18.0 Å². The quantitative estimate of drug-likeness (QED) is 0.191. The number of carbonyl (C=O) groups excluding carboxylic acids is 1. The zero-order chi connectivity index (χ0) is 30.6. The number of rotatable bonds is 7. The zero-order valence-corrected chi connectivity index (χ0v) is 23.5. The van der Waals surface area contributed by atoms with E-state index in [1.807, 2.05) is 0 Å². The zero-order valence-electron chi connectivity index (χ0n) is 21.2. The van der Waals surface area contributed by atoms with E-state index in [0.29, 0.717) is 24.3 Å². The SMILES string of the molecule is O=C(c1cc(-c2cnn(-c3c(Cl)cc(C(F)(C(F)(F)F)C(F)(F)F)cc3Cl)c2)cnc1Cl)N(CC1CCCO1)C1CC1. The molecule has 2 aromatic heterocycles. The lowest BCUT2D eigenvalue weighted by atomic mass is 9.94. The number of alkyl halides is 7. The summed E-state index contributed by atoms with van der Waals surface area (Å²) in [5.74, 6) is -0.328. The van der Waals surface area contributed by atoms with Crippen molar-refractivity contribution in [3.63, 3.8) is 0 Å². The van der Waals surface area contributed by atoms with E-state index in [0.717, 1.165) is 30.4 Å². The molecule has 1 unspecified atom stereocenters. The van der Waals surface area contributed by atoms with Crippen molar-refractivity contribution in [2.24, 2.45) is 0 Å². The third-order valence-electron chi connectivity index (χ3n) is 7.08. The molecule has 1 aromatic carbocycles. The summed E-state index contributed by atoms with van der Waals surface area (Å²) in [6, 6.07) is 1.97. The highest BCUT2D eigenvalue weighted by Gasteiger charge is 2.73. The molecule has 6 nitrogen and oxygen atoms in total. The van der Waals surface area contributed by atoms with Crippen LogP contribution in [0.25, 0.3) is 16.8 Å². The Hall–Kier alpha value is -2.61. The predicted octanol–water partition coefficient (Wildman–Crippen LogP) is 7.97. The number of hydrogen-bond acceptors (Lipinski definition) is 4. The number of ether oxygens (including phenoxy) is 1. The first kappa shape index (κ1) is 30.8. The van der Waals surface area contributed by atoms with E-state index in [2.05, 4.69) is 10.1 Å². The van der Waals surface area contributed by atoms with E-state index in [1.54, 1.807) is 4.90 Å². The summed E-state index contributed by atoms with van der Waals surface area (Å²) in [5.41, 5.74) is -6.99. The Bertz CT molecular complexity index is 1460. The van der Waals surface area contributed by atoms with Gasteiger partial charge in [-0.05, 0) is 43.9 Å². The molecule has 42 heavy (non-hydrogen) atoms. The fourth-order valence-corrected chi connectivity index (χ4v) is 5.61. The molecule has 5 rings (SSSR count). The van der Waals surface area contributed by atoms with Crippen molar-refractivity contribution >= 4 is 40.7 Å². The fraction of sp³-hybridized carbons (Fsp3) is 0.423. The topological polar surface area (TPSA) is 60.2 Å². The molecule has 1 atom stereocenters. The summed E-state index contributed by atoms with van der Waals surface area (Å²) < 4.78 is 101. The van der Waals surface area contributed by atoms with Crippen LogP contribution >= 0.6 is 34.8 Å². The molecule has 1 amide bonds. The number of benzene rings is 1. The molecule has 3 aromatic rings. The van der Waals surface area contributed by atoms with Crippen LogP contribution in [0.5, 0.6) is 0 Å². The number of halogens is 10. The van der Waals surface area contributed by atoms with Crippen LogP contribution in [0.2, 0.25) is 15.2 Å². The molecule has 0 spiro atoms. The summed E-state index contributed by atoms with van der Waals surface area (Å²) in [6.45, 7) is 1.05. The van der Waals surface area contributed by atoms with Crippen molar-refractivity contribution in [2.75, 3.05) is 13.2 Å². The van der Waals surface area contributed by atoms with E-state index in [4.69, 9.17) is 39.5 Å². The van der Waals surface area contributed by atoms with Crippen LogP contribution in [0.15, 0.2) is 36.8 Å². The van der Waals surface area contributed by atoms with Gasteiger partial charge in [0.2, 0.25) is 0 Å². The average Bonchev–Trinajstić information content (AvgIpc) is 3.38. The maximum absolute atomic E-state index is 14.6. The monoisotopic (exact) mass is 658 g/mol. The normalized spacial score (nSPS) is 18.0. The van der Waals surface area contributed by atoms with Crippen molar-refractivity contribution < 1.29 is 40.3 Å². The molecule has 1 saturated heterocycles. The standard InChI is InChI=1S/C26H20Cl3F7N4O2/c27-19-7-15(24(30,25(31,32)33)26(34,35)36)8-20(28)21(19)40-11-14(10-38-40)13-6-18(22(29)37-9-13)23(41)39(16-3-4-16)12-17-2-1-5-42-17/h6-11,16-17H,1-5,12H2. The highest BCUT2D eigenvalue weighted by molar-refractivity contribution is 6.38. The van der Waals surface area contributed by atoms with Crippen LogP contribution in [0, 0.1) is 0 Å². The van der Waals surface area contributed by atoms with Gasteiger partial charge in [0.15, 0.2) is 0 Å². The highest BCUT2D eigenvalue weighted by atomic mass is 35.5. The fourth-order valence-electron chi connectivity index (χ4n) is 4.77. The van der Waals surface area contributed by atoms with Crippen molar-refractivity contribution in [2.45, 2.75) is 55.9 Å². The lowest BCUT2D eigenvalue weighted by molar-refractivity contribution is -0.348. The average molecular weight is 660 g/mol. The first-order chi connectivity index (χ1) is 19.6. The van der Waals surface area contributed by atoms with Gasteiger partial charge in [-0.3, -0.25) is 4.79 Å². The van der Waals surface area contributed by atoms with Gasteiger partial charge in [-0.1, -0.05) is 34.8 Å². The van der Waals surface area contributed by atoms with E-state index in [-0.39, 0.29) is 46.6 Å². The Morgan fingerprint density at radius 3 is 2.14 bits per heavy atom. The predicted molar refractivity (Wildman–Crippen MR) is 140 cm³/mol. The summed E-state index contributed by atoms with van der Waals surface area (Å²) in [7, 11) is 0. The molecule has 1 aliphatic carbocycles. The van der Waals surface area contributed by atoms with E-state index in [9.17, 15) is 35.5 Å². The van der Waals surface area contributed by atoms with E-state index in [1.165, 1.54) is 24.7 Å². The van der Waals surface area contributed by atoms with Gasteiger partial charge in [-0.2, -0.15) is 31.4 Å². The number of amides is 1. The summed E-state index contributed by atoms with van der Waals surface area (Å²) in [5, 5.41) is 2.58. The molecule has 16 heteroatoms. The van der Waals surface area contributed by atoms with Crippen LogP contribution in [0.3, 0.4) is 0 Å². The minimum absolute atomic E-state index is 0.0279. The lowest BCUT2D eigenvalue weighted by Gasteiger charge is -2.30. The Morgan fingerprint density at radius 2 is 1.60 bits per heavy atom. The molecular formula is C26H20Cl3F7N4O2. The Kier molecular flexibility index (Phi) is 8.18. The Labute approximate surface area is 249 Å². The van der Waals surface area contributed by atoms with Crippen molar-refractivity contribution in [3.05, 3.63) is 63.1 Å². The van der Waals surface area contributed by atoms with Crippen LogP contribution in [-0.2, 0) is 10.4 Å². The third-order valence-corrected chi connectivity index (χ3v) is 7.96. The molecule has 0 bridgehead atoms. The van der Waals surface area contributed by atoms with Crippen molar-refractivity contribution in [1.82, 2.24) is 19.7 Å². The molecule has 1 saturated carbocycles. The molecule has 2 fully saturated rings. The van der Waals surface area contributed by atoms with Crippen molar-refractivity contribution in [1.29, 1.82) is 0 Å². The number of hydrogen-bond donors (Lipinski definition) is 0. The molecule has 0 radical (unpaired) electrons. The van der Waals surface area contributed by atoms with Crippen LogP contribution in [0.4, 0.5) is 30.7 Å². The Morgan fingerprint density at radius 1 is 0.952 bits per heavy atom. The van der Waals surface area contributed by atoms with Crippen LogP contribution in [0.1, 0.15) is 41.6 Å². The minimum Gasteiger partial charge on any atom is -0.376 e. The lowest BCUT2D eigenvalue weighted by Crippen LogP contribution is -2.50. The van der Waals surface area contributed by atoms with Gasteiger partial charge < -0.3 is 9.64 Å². The molecule has 1 aliphatic heterocycles. The van der Waals surface area contributed by atoms with E-state index < -0.39 is 33.6 Å². The number of nitrogens with zero attached hydrogens (tertiary/aromatic N) is 4. The smallest absolute Gasteiger partial charge is 0.376 e. The van der Waals surface area contributed by atoms with Crippen LogP contribution in [-0.4, -0.2) is 63.2 Å². The van der Waals surface area contributed by atoms with Gasteiger partial charge in [0.05, 0.1) is 27.9 Å². The summed E-state index contributed by atoms with van der Waals surface area (Å²) in [6.07, 6.45) is -5.33. The summed E-state index contributed by atoms with van der Waals surface area (Å²) >= 11 is 18.3. The number of aromatic nitrogens is 3. The second-order valence-electron chi connectivity index (χ2n) is 10.0. The van der Waals surface area contributed by atoms with E-state index >= 15 is 0 Å². The first-order valence-electron chi connectivity index (χ1n) is 12.6. The van der Waals surface area contributed by atoms with Gasteiger partial charge in [0.25, 0.3) is 5.91 Å².